The van der Waals surface area contributed by atoms with Crippen LogP contribution in [0.4, 0.5) is 17.3 Å². The molecule has 39 heavy (non-hydrogen) atoms. The maximum Gasteiger partial charge on any atom is 0.233 e. The Balaban J connectivity index is 1.12. The second-order valence-electron chi connectivity index (χ2n) is 10.9. The Hall–Kier alpha value is -2.78. The van der Waals surface area contributed by atoms with E-state index in [1.54, 1.807) is 30.7 Å². The molecule has 5 heterocycles. The van der Waals surface area contributed by atoms with Crippen LogP contribution in [0.5, 0.6) is 0 Å². The lowest BCUT2D eigenvalue weighted by molar-refractivity contribution is -0.128. The van der Waals surface area contributed by atoms with E-state index in [0.717, 1.165) is 69.2 Å². The van der Waals surface area contributed by atoms with E-state index in [1.807, 2.05) is 23.1 Å². The van der Waals surface area contributed by atoms with Crippen LogP contribution in [-0.2, 0) is 4.79 Å². The van der Waals surface area contributed by atoms with Crippen molar-refractivity contribution in [3.63, 3.8) is 0 Å². The number of likely N-dealkylation sites (tertiary alicyclic amines) is 1. The summed E-state index contributed by atoms with van der Waals surface area (Å²) in [4.78, 5) is 31.6. The Labute approximate surface area is 239 Å². The van der Waals surface area contributed by atoms with Crippen molar-refractivity contribution in [3.8, 4) is 11.3 Å². The van der Waals surface area contributed by atoms with E-state index in [4.69, 9.17) is 23.2 Å². The average molecular weight is 567 g/mol. The molecular formula is C29H33Cl2N7O. The first-order chi connectivity index (χ1) is 19.0. The summed E-state index contributed by atoms with van der Waals surface area (Å²) < 4.78 is 0. The van der Waals surface area contributed by atoms with Crippen molar-refractivity contribution in [2.45, 2.75) is 32.1 Å². The first-order valence-corrected chi connectivity index (χ1v) is 14.5. The quantitative estimate of drug-likeness (QED) is 0.413. The molecule has 6 rings (SSSR count). The van der Waals surface area contributed by atoms with Crippen LogP contribution in [0.3, 0.4) is 0 Å². The molecule has 0 bridgehead atoms. The molecule has 0 saturated carbocycles. The Morgan fingerprint density at radius 1 is 1.00 bits per heavy atom. The van der Waals surface area contributed by atoms with Gasteiger partial charge in [-0.3, -0.25) is 9.78 Å². The van der Waals surface area contributed by atoms with Crippen LogP contribution in [-0.4, -0.2) is 65.0 Å². The largest absolute Gasteiger partial charge is 0.323 e. The molecule has 0 atom stereocenters. The van der Waals surface area contributed by atoms with Crippen LogP contribution in [0.25, 0.3) is 11.3 Å². The first-order valence-electron chi connectivity index (χ1n) is 13.7. The van der Waals surface area contributed by atoms with Crippen LogP contribution < -0.4 is 15.5 Å². The van der Waals surface area contributed by atoms with E-state index in [-0.39, 0.29) is 11.3 Å². The number of carbonyl (C=O) groups excluding carboxylic acids is 1. The van der Waals surface area contributed by atoms with E-state index in [2.05, 4.69) is 30.5 Å². The van der Waals surface area contributed by atoms with Gasteiger partial charge < -0.3 is 20.4 Å². The van der Waals surface area contributed by atoms with E-state index in [0.29, 0.717) is 27.4 Å². The number of carbonyl (C=O) groups is 1. The summed E-state index contributed by atoms with van der Waals surface area (Å²) in [7, 11) is 0. The van der Waals surface area contributed by atoms with Gasteiger partial charge >= 0.3 is 0 Å². The average Bonchev–Trinajstić information content (AvgIpc) is 3.27. The lowest BCUT2D eigenvalue weighted by Gasteiger charge is -2.39. The molecule has 1 spiro atoms. The molecule has 10 heteroatoms. The summed E-state index contributed by atoms with van der Waals surface area (Å²) in [6.45, 7) is 6.16. The minimum atomic E-state index is -0.249. The monoisotopic (exact) mass is 565 g/mol. The SMILES string of the molecule is O=C1N(c2cncc(Nc3ncc(Cl)c(-c4ccc(Cl)cc4)n3)c2)CCC12CCN(CC1CCNCC1)CC2. The predicted molar refractivity (Wildman–Crippen MR) is 156 cm³/mol. The molecule has 3 aliphatic heterocycles. The number of rotatable bonds is 6. The predicted octanol–water partition coefficient (Wildman–Crippen LogP) is 5.41. The number of benzene rings is 1. The molecule has 204 valence electrons. The van der Waals surface area contributed by atoms with Crippen LogP contribution >= 0.6 is 23.2 Å². The Kier molecular flexibility index (Phi) is 7.71. The number of amides is 1. The minimum Gasteiger partial charge on any atom is -0.323 e. The first kappa shape index (κ1) is 26.4. The summed E-state index contributed by atoms with van der Waals surface area (Å²) in [5.41, 5.74) is 2.71. The van der Waals surface area contributed by atoms with Crippen molar-refractivity contribution in [1.82, 2.24) is 25.2 Å². The van der Waals surface area contributed by atoms with E-state index in [9.17, 15) is 4.79 Å². The molecule has 8 nitrogen and oxygen atoms in total. The number of hydrogen-bond acceptors (Lipinski definition) is 7. The second kappa shape index (κ2) is 11.4. The highest BCUT2D eigenvalue weighted by atomic mass is 35.5. The van der Waals surface area contributed by atoms with Gasteiger partial charge in [-0.05, 0) is 82.4 Å². The Morgan fingerprint density at radius 2 is 1.74 bits per heavy atom. The van der Waals surface area contributed by atoms with Crippen LogP contribution in [0.2, 0.25) is 10.0 Å². The zero-order chi connectivity index (χ0) is 26.8. The van der Waals surface area contributed by atoms with Gasteiger partial charge in [-0.2, -0.15) is 0 Å². The van der Waals surface area contributed by atoms with Gasteiger partial charge in [0.15, 0.2) is 0 Å². The third-order valence-electron chi connectivity index (χ3n) is 8.45. The highest BCUT2D eigenvalue weighted by Gasteiger charge is 2.48. The van der Waals surface area contributed by atoms with Crippen LogP contribution in [0, 0.1) is 11.3 Å². The third kappa shape index (κ3) is 5.75. The van der Waals surface area contributed by atoms with Crippen molar-refractivity contribution in [2.24, 2.45) is 11.3 Å². The van der Waals surface area contributed by atoms with Crippen molar-refractivity contribution < 1.29 is 4.79 Å². The van der Waals surface area contributed by atoms with Gasteiger partial charge in [-0.15, -0.1) is 0 Å². The summed E-state index contributed by atoms with van der Waals surface area (Å²) >= 11 is 12.4. The number of halogens is 2. The normalized spacial score (nSPS) is 20.1. The molecule has 1 aromatic carbocycles. The van der Waals surface area contributed by atoms with E-state index < -0.39 is 0 Å². The number of aromatic nitrogens is 3. The fourth-order valence-electron chi connectivity index (χ4n) is 6.13. The number of nitrogens with one attached hydrogen (secondary N) is 2. The number of anilines is 3. The third-order valence-corrected chi connectivity index (χ3v) is 8.98. The molecule has 0 radical (unpaired) electrons. The molecular weight excluding hydrogens is 533 g/mol. The topological polar surface area (TPSA) is 86.3 Å². The van der Waals surface area contributed by atoms with E-state index in [1.165, 1.54) is 19.4 Å². The van der Waals surface area contributed by atoms with Crippen LogP contribution in [0.15, 0.2) is 48.9 Å². The maximum atomic E-state index is 13.7. The van der Waals surface area contributed by atoms with Gasteiger partial charge in [0.1, 0.15) is 0 Å². The Morgan fingerprint density at radius 3 is 2.51 bits per heavy atom. The highest BCUT2D eigenvalue weighted by molar-refractivity contribution is 6.33. The fraction of sp³-hybridized carbons (Fsp3) is 0.448. The lowest BCUT2D eigenvalue weighted by atomic mass is 9.77. The maximum absolute atomic E-state index is 13.7. The van der Waals surface area contributed by atoms with Crippen molar-refractivity contribution >= 4 is 46.4 Å². The molecule has 2 N–H and O–H groups in total. The van der Waals surface area contributed by atoms with Crippen LogP contribution in [0.1, 0.15) is 32.1 Å². The molecule has 3 aromatic rings. The van der Waals surface area contributed by atoms with Crippen molar-refractivity contribution in [2.75, 3.05) is 49.5 Å². The van der Waals surface area contributed by atoms with Gasteiger partial charge in [-0.1, -0.05) is 35.3 Å². The summed E-state index contributed by atoms with van der Waals surface area (Å²) in [6.07, 6.45) is 10.3. The second-order valence-corrected chi connectivity index (χ2v) is 11.8. The number of nitrogens with zero attached hydrogens (tertiary/aromatic N) is 5. The van der Waals surface area contributed by atoms with Crippen molar-refractivity contribution in [1.29, 1.82) is 0 Å². The number of piperidine rings is 2. The standard InChI is InChI=1S/C29H33Cl2N7O/c30-22-3-1-21(2-4-22)26-25(31)18-34-28(36-26)35-23-15-24(17-33-16-23)38-14-9-29(27(38)39)7-12-37(13-8-29)19-20-5-10-32-11-6-20/h1-4,15-18,20,32H,5-14,19H2,(H,34,35,36). The smallest absolute Gasteiger partial charge is 0.233 e. The molecule has 1 amide bonds. The summed E-state index contributed by atoms with van der Waals surface area (Å²) in [5.74, 6) is 1.41. The molecule has 2 aromatic heterocycles. The lowest BCUT2D eigenvalue weighted by Crippen LogP contribution is -2.46. The van der Waals surface area contributed by atoms with E-state index >= 15 is 0 Å². The fourth-order valence-corrected chi connectivity index (χ4v) is 6.46. The van der Waals surface area contributed by atoms with Gasteiger partial charge in [0.2, 0.25) is 11.9 Å². The molecule has 3 aliphatic rings. The van der Waals surface area contributed by atoms with Gasteiger partial charge in [0.05, 0.1) is 46.1 Å². The zero-order valence-corrected chi connectivity index (χ0v) is 23.4. The van der Waals surface area contributed by atoms with Gasteiger partial charge in [0, 0.05) is 23.7 Å². The number of hydrogen-bond donors (Lipinski definition) is 2. The Bertz CT molecular complexity index is 1320. The van der Waals surface area contributed by atoms with Gasteiger partial charge in [-0.25, -0.2) is 9.97 Å². The number of pyridine rings is 1. The molecule has 0 unspecified atom stereocenters. The van der Waals surface area contributed by atoms with Gasteiger partial charge in [0.25, 0.3) is 0 Å². The summed E-state index contributed by atoms with van der Waals surface area (Å²) in [6, 6.07) is 9.28. The molecule has 0 aliphatic carbocycles. The minimum absolute atomic E-state index is 0.232. The highest BCUT2D eigenvalue weighted by Crippen LogP contribution is 2.43. The van der Waals surface area contributed by atoms with Crippen molar-refractivity contribution in [3.05, 3.63) is 59.0 Å². The summed E-state index contributed by atoms with van der Waals surface area (Å²) in [5, 5.41) is 7.78. The molecule has 3 saturated heterocycles. The zero-order valence-electron chi connectivity index (χ0n) is 21.9. The molecule has 3 fully saturated rings.